The molecule has 0 radical (unpaired) electrons. The van der Waals surface area contributed by atoms with Crippen molar-refractivity contribution in [3.63, 3.8) is 0 Å². The van der Waals surface area contributed by atoms with Gasteiger partial charge in [0.1, 0.15) is 18.5 Å². The van der Waals surface area contributed by atoms with Gasteiger partial charge in [0.05, 0.1) is 31.2 Å². The summed E-state index contributed by atoms with van der Waals surface area (Å²) in [5, 5.41) is 5.54. The number of esters is 1. The summed E-state index contributed by atoms with van der Waals surface area (Å²) in [6.45, 7) is 2.22. The molecular weight excluding hydrogens is 438 g/mol. The Morgan fingerprint density at radius 2 is 1.79 bits per heavy atom. The highest BCUT2D eigenvalue weighted by molar-refractivity contribution is 6.02. The molecule has 2 N–H and O–H groups in total. The maximum absolute atomic E-state index is 13.3. The zero-order valence-electron chi connectivity index (χ0n) is 19.5. The van der Waals surface area contributed by atoms with Crippen LogP contribution in [0.2, 0.25) is 0 Å². The number of carbonyl (C=O) groups is 3. The van der Waals surface area contributed by atoms with Gasteiger partial charge >= 0.3 is 12.0 Å². The number of hydrogen-bond acceptors (Lipinski definition) is 6. The van der Waals surface area contributed by atoms with Crippen molar-refractivity contribution < 1.29 is 28.6 Å². The molecule has 1 fully saturated rings. The Kier molecular flexibility index (Phi) is 7.02. The molecule has 2 aromatic rings. The van der Waals surface area contributed by atoms with Crippen LogP contribution < -0.4 is 15.4 Å². The van der Waals surface area contributed by atoms with Crippen molar-refractivity contribution in [1.82, 2.24) is 4.90 Å². The van der Waals surface area contributed by atoms with Crippen molar-refractivity contribution in [2.75, 3.05) is 31.4 Å². The number of aryl methyl sites for hydroxylation is 1. The Morgan fingerprint density at radius 3 is 2.53 bits per heavy atom. The number of anilines is 2. The second-order valence-electron chi connectivity index (χ2n) is 8.60. The fourth-order valence-corrected chi connectivity index (χ4v) is 4.30. The number of amides is 3. The maximum Gasteiger partial charge on any atom is 0.323 e. The highest BCUT2D eigenvalue weighted by Gasteiger charge is 2.39. The SMILES string of the molecule is COC(=O)C[C@H]1CC[C@H]2[C@@H](COc3ccc(NC(=O)Nc4ccc(C)cc4)cc3C(=O)N2C)O1. The van der Waals surface area contributed by atoms with Crippen LogP contribution in [0.5, 0.6) is 5.75 Å². The molecule has 2 heterocycles. The summed E-state index contributed by atoms with van der Waals surface area (Å²) < 4.78 is 16.8. The molecule has 9 heteroatoms. The van der Waals surface area contributed by atoms with Crippen LogP contribution in [-0.2, 0) is 14.3 Å². The van der Waals surface area contributed by atoms with Crippen LogP contribution in [0.4, 0.5) is 16.2 Å². The third-order valence-corrected chi connectivity index (χ3v) is 6.20. The molecule has 0 bridgehead atoms. The minimum Gasteiger partial charge on any atom is -0.490 e. The van der Waals surface area contributed by atoms with Gasteiger partial charge in [-0.3, -0.25) is 9.59 Å². The summed E-state index contributed by atoms with van der Waals surface area (Å²) in [4.78, 5) is 39.0. The summed E-state index contributed by atoms with van der Waals surface area (Å²) >= 11 is 0. The van der Waals surface area contributed by atoms with E-state index in [1.54, 1.807) is 30.1 Å². The highest BCUT2D eigenvalue weighted by Crippen LogP contribution is 2.32. The molecule has 2 aliphatic heterocycles. The van der Waals surface area contributed by atoms with Gasteiger partial charge in [0.2, 0.25) is 0 Å². The molecule has 9 nitrogen and oxygen atoms in total. The van der Waals surface area contributed by atoms with Crippen molar-refractivity contribution in [2.45, 2.75) is 44.4 Å². The van der Waals surface area contributed by atoms with Crippen LogP contribution in [0.3, 0.4) is 0 Å². The minimum absolute atomic E-state index is 0.174. The lowest BCUT2D eigenvalue weighted by Crippen LogP contribution is -2.53. The molecule has 3 atom stereocenters. The molecule has 2 aliphatic rings. The van der Waals surface area contributed by atoms with Gasteiger partial charge in [0, 0.05) is 18.4 Å². The van der Waals surface area contributed by atoms with E-state index in [9.17, 15) is 14.4 Å². The molecule has 0 aromatic heterocycles. The Hall–Kier alpha value is -3.59. The van der Waals surface area contributed by atoms with Crippen LogP contribution in [0.15, 0.2) is 42.5 Å². The molecule has 0 spiro atoms. The number of fused-ring (bicyclic) bond motifs is 2. The number of methoxy groups -OCH3 is 1. The first kappa shape index (κ1) is 23.6. The van der Waals surface area contributed by atoms with Crippen molar-refractivity contribution in [2.24, 2.45) is 0 Å². The van der Waals surface area contributed by atoms with Crippen molar-refractivity contribution in [1.29, 1.82) is 0 Å². The fraction of sp³-hybridized carbons (Fsp3) is 0.400. The van der Waals surface area contributed by atoms with Crippen LogP contribution in [0.25, 0.3) is 0 Å². The van der Waals surface area contributed by atoms with Gasteiger partial charge in [-0.05, 0) is 50.1 Å². The Bertz CT molecular complexity index is 1070. The molecule has 180 valence electrons. The molecule has 4 rings (SSSR count). The first-order valence-corrected chi connectivity index (χ1v) is 11.2. The number of ether oxygens (including phenoxy) is 3. The fourth-order valence-electron chi connectivity index (χ4n) is 4.30. The van der Waals surface area contributed by atoms with Crippen molar-refractivity contribution >= 4 is 29.3 Å². The van der Waals surface area contributed by atoms with Crippen molar-refractivity contribution in [3.8, 4) is 5.75 Å². The van der Waals surface area contributed by atoms with Gasteiger partial charge in [0.15, 0.2) is 0 Å². The van der Waals surface area contributed by atoms with E-state index in [4.69, 9.17) is 14.2 Å². The number of benzene rings is 2. The van der Waals surface area contributed by atoms with E-state index < -0.39 is 6.03 Å². The largest absolute Gasteiger partial charge is 0.490 e. The molecular formula is C25H29N3O6. The topological polar surface area (TPSA) is 106 Å². The summed E-state index contributed by atoms with van der Waals surface area (Å²) in [5.41, 5.74) is 2.61. The van der Waals surface area contributed by atoms with Crippen LogP contribution in [-0.4, -0.2) is 61.8 Å². The number of likely N-dealkylation sites (N-methyl/N-ethyl adjacent to an activating group) is 1. The number of hydrogen-bond donors (Lipinski definition) is 2. The predicted molar refractivity (Wildman–Crippen MR) is 126 cm³/mol. The van der Waals surface area contributed by atoms with Gasteiger partial charge in [-0.2, -0.15) is 0 Å². The monoisotopic (exact) mass is 467 g/mol. The minimum atomic E-state index is -0.409. The molecule has 0 saturated carbocycles. The van der Waals surface area contributed by atoms with Gasteiger partial charge in [-0.15, -0.1) is 0 Å². The Morgan fingerprint density at radius 1 is 1.09 bits per heavy atom. The lowest BCUT2D eigenvalue weighted by Gasteiger charge is -2.42. The van der Waals surface area contributed by atoms with Gasteiger partial charge < -0.3 is 29.7 Å². The average molecular weight is 468 g/mol. The van der Waals surface area contributed by atoms with Crippen LogP contribution >= 0.6 is 0 Å². The molecule has 2 aromatic carbocycles. The third-order valence-electron chi connectivity index (χ3n) is 6.20. The van der Waals surface area contributed by atoms with Crippen LogP contribution in [0.1, 0.15) is 35.2 Å². The van der Waals surface area contributed by atoms with E-state index in [1.165, 1.54) is 7.11 Å². The summed E-state index contributed by atoms with van der Waals surface area (Å²) in [7, 11) is 3.09. The Balaban J connectivity index is 1.46. The lowest BCUT2D eigenvalue weighted by atomic mass is 9.94. The first-order valence-electron chi connectivity index (χ1n) is 11.2. The van der Waals surface area contributed by atoms with E-state index in [1.807, 2.05) is 31.2 Å². The first-order chi connectivity index (χ1) is 16.3. The highest BCUT2D eigenvalue weighted by atomic mass is 16.5. The van der Waals surface area contributed by atoms with E-state index in [-0.39, 0.29) is 43.2 Å². The standard InChI is InChI=1S/C25H29N3O6/c1-15-4-6-16(7-5-15)26-25(31)27-17-8-11-21-19(12-17)24(30)28(2)20-10-9-18(13-23(29)32-3)34-22(20)14-33-21/h4-8,11-12,18,20,22H,9-10,13-14H2,1-3H3,(H2,26,27,31)/t18-,20+,22-/m1/s1. The second kappa shape index (κ2) is 10.1. The van der Waals surface area contributed by atoms with Crippen LogP contribution in [0, 0.1) is 6.92 Å². The number of rotatable bonds is 4. The zero-order chi connectivity index (χ0) is 24.2. The van der Waals surface area contributed by atoms with Gasteiger partial charge in [-0.1, -0.05) is 17.7 Å². The Labute approximate surface area is 198 Å². The second-order valence-corrected chi connectivity index (χ2v) is 8.60. The number of carbonyl (C=O) groups excluding carboxylic acids is 3. The average Bonchev–Trinajstić information content (AvgIpc) is 2.83. The maximum atomic E-state index is 13.3. The lowest BCUT2D eigenvalue weighted by molar-refractivity contribution is -0.151. The molecule has 0 unspecified atom stereocenters. The number of nitrogens with one attached hydrogen (secondary N) is 2. The van der Waals surface area contributed by atoms with E-state index in [0.29, 0.717) is 35.5 Å². The van der Waals surface area contributed by atoms with Gasteiger partial charge in [0.25, 0.3) is 5.91 Å². The normalized spacial score (nSPS) is 21.8. The smallest absolute Gasteiger partial charge is 0.323 e. The molecule has 1 saturated heterocycles. The van der Waals surface area contributed by atoms with E-state index in [2.05, 4.69) is 10.6 Å². The molecule has 0 aliphatic carbocycles. The summed E-state index contributed by atoms with van der Waals surface area (Å²) in [6.07, 6.45) is 0.876. The third kappa shape index (κ3) is 5.31. The summed E-state index contributed by atoms with van der Waals surface area (Å²) in [5.74, 6) is -0.128. The molecule has 3 amide bonds. The number of nitrogens with zero attached hydrogens (tertiary/aromatic N) is 1. The van der Waals surface area contributed by atoms with Gasteiger partial charge in [-0.25, -0.2) is 4.79 Å². The van der Waals surface area contributed by atoms with Crippen molar-refractivity contribution in [3.05, 3.63) is 53.6 Å². The quantitative estimate of drug-likeness (QED) is 0.666. The number of urea groups is 1. The predicted octanol–water partition coefficient (Wildman–Crippen LogP) is 3.58. The van der Waals surface area contributed by atoms with E-state index >= 15 is 0 Å². The summed E-state index contributed by atoms with van der Waals surface area (Å²) in [6, 6.07) is 11.8. The zero-order valence-corrected chi connectivity index (χ0v) is 19.5. The molecule has 34 heavy (non-hydrogen) atoms. The van der Waals surface area contributed by atoms with E-state index in [0.717, 1.165) is 5.56 Å².